The summed E-state index contributed by atoms with van der Waals surface area (Å²) < 4.78 is 41.5. The molecule has 18 heavy (non-hydrogen) atoms. The predicted molar refractivity (Wildman–Crippen MR) is 58.5 cm³/mol. The maximum Gasteiger partial charge on any atom is 0.228 e. The lowest BCUT2D eigenvalue weighted by Crippen LogP contribution is -2.40. The Morgan fingerprint density at radius 2 is 1.56 bits per heavy atom. The molecule has 104 valence electrons. The maximum absolute atomic E-state index is 13.8. The molecule has 0 amide bonds. The number of ether oxygens (including phenoxy) is 5. The first-order chi connectivity index (χ1) is 8.27. The first-order valence-corrected chi connectivity index (χ1v) is 6.24. The van der Waals surface area contributed by atoms with E-state index in [1.54, 1.807) is 13.8 Å². The molecule has 0 radical (unpaired) electrons. The van der Waals surface area contributed by atoms with E-state index in [1.807, 2.05) is 13.8 Å². The molecule has 3 fully saturated rings. The lowest BCUT2D eigenvalue weighted by molar-refractivity contribution is -0.221. The topological polar surface area (TPSA) is 46.2 Å². The zero-order valence-corrected chi connectivity index (χ0v) is 11.0. The van der Waals surface area contributed by atoms with Crippen LogP contribution < -0.4 is 0 Å². The summed E-state index contributed by atoms with van der Waals surface area (Å²) in [6.07, 6.45) is -3.43. The molecule has 3 rings (SSSR count). The summed E-state index contributed by atoms with van der Waals surface area (Å²) in [6, 6.07) is 0. The van der Waals surface area contributed by atoms with E-state index in [0.717, 1.165) is 0 Å². The SMILES string of the molecule is CC1(C)O[C@@H]2[C@H](O1)[C@@H](F)O[C@@H]2[C@H]1COC(C)(C)O1. The van der Waals surface area contributed by atoms with Crippen LogP contribution >= 0.6 is 0 Å². The predicted octanol–water partition coefficient (Wildman–Crippen LogP) is 1.35. The van der Waals surface area contributed by atoms with Gasteiger partial charge in [-0.05, 0) is 27.7 Å². The minimum atomic E-state index is -1.48. The van der Waals surface area contributed by atoms with E-state index in [1.165, 1.54) is 0 Å². The molecule has 0 aromatic carbocycles. The van der Waals surface area contributed by atoms with Gasteiger partial charge in [-0.1, -0.05) is 0 Å². The van der Waals surface area contributed by atoms with Crippen molar-refractivity contribution in [1.29, 1.82) is 0 Å². The van der Waals surface area contributed by atoms with Crippen molar-refractivity contribution in [3.05, 3.63) is 0 Å². The number of hydrogen-bond acceptors (Lipinski definition) is 5. The summed E-state index contributed by atoms with van der Waals surface area (Å²) in [4.78, 5) is 0. The zero-order chi connectivity index (χ0) is 13.1. The number of fused-ring (bicyclic) bond motifs is 1. The molecule has 0 aliphatic carbocycles. The first kappa shape index (κ1) is 12.7. The fraction of sp³-hybridized carbons (Fsp3) is 1.00. The van der Waals surface area contributed by atoms with Gasteiger partial charge in [0.2, 0.25) is 6.36 Å². The Kier molecular flexibility index (Phi) is 2.74. The maximum atomic E-state index is 13.8. The summed E-state index contributed by atoms with van der Waals surface area (Å²) in [5, 5.41) is 0. The summed E-state index contributed by atoms with van der Waals surface area (Å²) in [6.45, 7) is 7.55. The minimum absolute atomic E-state index is 0.328. The average molecular weight is 262 g/mol. The molecule has 0 aromatic rings. The van der Waals surface area contributed by atoms with Crippen LogP contribution in [0.2, 0.25) is 0 Å². The van der Waals surface area contributed by atoms with Crippen LogP contribution in [0.15, 0.2) is 0 Å². The summed E-state index contributed by atoms with van der Waals surface area (Å²) >= 11 is 0. The molecule has 3 heterocycles. The van der Waals surface area contributed by atoms with Gasteiger partial charge < -0.3 is 23.7 Å². The third-order valence-corrected chi connectivity index (χ3v) is 3.43. The molecule has 5 atom stereocenters. The van der Waals surface area contributed by atoms with E-state index in [0.29, 0.717) is 6.61 Å². The van der Waals surface area contributed by atoms with E-state index in [4.69, 9.17) is 23.7 Å². The van der Waals surface area contributed by atoms with E-state index in [2.05, 4.69) is 0 Å². The second kappa shape index (κ2) is 3.86. The van der Waals surface area contributed by atoms with Crippen molar-refractivity contribution >= 4 is 0 Å². The Morgan fingerprint density at radius 1 is 0.889 bits per heavy atom. The van der Waals surface area contributed by atoms with Crippen molar-refractivity contribution in [2.75, 3.05) is 6.61 Å². The van der Waals surface area contributed by atoms with Crippen LogP contribution in [0, 0.1) is 0 Å². The molecule has 0 spiro atoms. The zero-order valence-electron chi connectivity index (χ0n) is 11.0. The lowest BCUT2D eigenvalue weighted by atomic mass is 10.1. The average Bonchev–Trinajstić information content (AvgIpc) is 2.81. The lowest BCUT2D eigenvalue weighted by Gasteiger charge is -2.25. The molecule has 5 nitrogen and oxygen atoms in total. The van der Waals surface area contributed by atoms with Gasteiger partial charge in [-0.25, -0.2) is 4.39 Å². The smallest absolute Gasteiger partial charge is 0.228 e. The monoisotopic (exact) mass is 262 g/mol. The summed E-state index contributed by atoms with van der Waals surface area (Å²) in [7, 11) is 0. The molecule has 6 heteroatoms. The van der Waals surface area contributed by atoms with Crippen molar-refractivity contribution in [3.63, 3.8) is 0 Å². The molecular formula is C12H19FO5. The van der Waals surface area contributed by atoms with Crippen LogP contribution in [0.3, 0.4) is 0 Å². The highest BCUT2D eigenvalue weighted by Gasteiger charge is 2.59. The highest BCUT2D eigenvalue weighted by molar-refractivity contribution is 4.99. The van der Waals surface area contributed by atoms with E-state index in [9.17, 15) is 4.39 Å². The Hall–Kier alpha value is -0.270. The number of rotatable bonds is 1. The van der Waals surface area contributed by atoms with Crippen LogP contribution in [0.4, 0.5) is 4.39 Å². The van der Waals surface area contributed by atoms with Gasteiger partial charge in [-0.2, -0.15) is 0 Å². The third-order valence-electron chi connectivity index (χ3n) is 3.43. The van der Waals surface area contributed by atoms with Gasteiger partial charge in [0.25, 0.3) is 0 Å². The van der Waals surface area contributed by atoms with E-state index in [-0.39, 0.29) is 6.10 Å². The van der Waals surface area contributed by atoms with Crippen LogP contribution in [0.1, 0.15) is 27.7 Å². The van der Waals surface area contributed by atoms with Crippen LogP contribution in [0.25, 0.3) is 0 Å². The number of alkyl halides is 1. The molecule has 0 bridgehead atoms. The molecule has 0 unspecified atom stereocenters. The van der Waals surface area contributed by atoms with Gasteiger partial charge in [0, 0.05) is 0 Å². The fourth-order valence-corrected chi connectivity index (χ4v) is 2.76. The summed E-state index contributed by atoms with van der Waals surface area (Å²) in [5.74, 6) is -1.44. The van der Waals surface area contributed by atoms with Crippen molar-refractivity contribution in [1.82, 2.24) is 0 Å². The molecule has 0 N–H and O–H groups in total. The largest absolute Gasteiger partial charge is 0.348 e. The fourth-order valence-electron chi connectivity index (χ4n) is 2.76. The third kappa shape index (κ3) is 2.06. The standard InChI is InChI=1S/C12H19FO5/c1-11(2)14-5-6(16-11)7-8-9(10(13)15-7)18-12(3,4)17-8/h6-10H,5H2,1-4H3/t6-,7-,8+,9+,10+/m1/s1. The number of hydrogen-bond donors (Lipinski definition) is 0. The summed E-state index contributed by atoms with van der Waals surface area (Å²) in [5.41, 5.74) is 0. The van der Waals surface area contributed by atoms with Crippen LogP contribution in [0.5, 0.6) is 0 Å². The normalized spacial score (nSPS) is 49.5. The van der Waals surface area contributed by atoms with Gasteiger partial charge in [0.05, 0.1) is 6.61 Å². The van der Waals surface area contributed by atoms with Gasteiger partial charge in [-0.3, -0.25) is 0 Å². The molecule has 3 saturated heterocycles. The Labute approximate surface area is 105 Å². The Bertz CT molecular complexity index is 345. The van der Waals surface area contributed by atoms with Crippen LogP contribution in [-0.2, 0) is 23.7 Å². The highest BCUT2D eigenvalue weighted by atomic mass is 19.1. The highest BCUT2D eigenvalue weighted by Crippen LogP contribution is 2.42. The molecule has 0 aromatic heterocycles. The second-order valence-corrected chi connectivity index (χ2v) is 5.88. The van der Waals surface area contributed by atoms with Gasteiger partial charge in [-0.15, -0.1) is 0 Å². The first-order valence-electron chi connectivity index (χ1n) is 6.24. The Balaban J connectivity index is 1.75. The van der Waals surface area contributed by atoms with Crippen LogP contribution in [-0.4, -0.2) is 49.0 Å². The van der Waals surface area contributed by atoms with E-state index < -0.39 is 36.2 Å². The van der Waals surface area contributed by atoms with Crippen molar-refractivity contribution in [3.8, 4) is 0 Å². The quantitative estimate of drug-likeness (QED) is 0.714. The van der Waals surface area contributed by atoms with E-state index >= 15 is 0 Å². The Morgan fingerprint density at radius 3 is 2.17 bits per heavy atom. The molecule has 3 aliphatic heterocycles. The second-order valence-electron chi connectivity index (χ2n) is 5.88. The molecule has 3 aliphatic rings. The molecule has 0 saturated carbocycles. The van der Waals surface area contributed by atoms with Crippen molar-refractivity contribution in [2.45, 2.75) is 70.0 Å². The van der Waals surface area contributed by atoms with Gasteiger partial charge >= 0.3 is 0 Å². The minimum Gasteiger partial charge on any atom is -0.348 e. The molecular weight excluding hydrogens is 243 g/mol. The van der Waals surface area contributed by atoms with Gasteiger partial charge in [0.1, 0.15) is 24.4 Å². The number of halogens is 1. The van der Waals surface area contributed by atoms with Gasteiger partial charge in [0.15, 0.2) is 11.6 Å². The van der Waals surface area contributed by atoms with Crippen molar-refractivity contribution in [2.24, 2.45) is 0 Å². The van der Waals surface area contributed by atoms with Crippen molar-refractivity contribution < 1.29 is 28.1 Å².